The van der Waals surface area contributed by atoms with Gasteiger partial charge in [0.25, 0.3) is 0 Å². The van der Waals surface area contributed by atoms with Crippen LogP contribution in [0.5, 0.6) is 0 Å². The van der Waals surface area contributed by atoms with Gasteiger partial charge < -0.3 is 9.47 Å². The maximum Gasteiger partial charge on any atom is 0.0541 e. The van der Waals surface area contributed by atoms with Gasteiger partial charge >= 0.3 is 0 Å². The largest absolute Gasteiger partial charge is 0.314 e. The van der Waals surface area contributed by atoms with Gasteiger partial charge in [0.15, 0.2) is 0 Å². The van der Waals surface area contributed by atoms with Crippen molar-refractivity contribution in [3.8, 4) is 44.5 Å². The van der Waals surface area contributed by atoms with E-state index >= 15 is 0 Å². The first-order valence-corrected chi connectivity index (χ1v) is 22.0. The van der Waals surface area contributed by atoms with E-state index in [0.717, 1.165) is 12.8 Å². The van der Waals surface area contributed by atoms with Gasteiger partial charge in [-0.05, 0) is 135 Å². The first-order valence-electron chi connectivity index (χ1n) is 22.0. The van der Waals surface area contributed by atoms with Crippen molar-refractivity contribution in [2.45, 2.75) is 46.0 Å². The SMILES string of the molecule is CC1C=CC(n2c3ccccc3c3cc(-c4ccc(-c5ccc(N(C6=CC=CCC6C)c6ccc(-c7ccc8c(c7)C(C)(C)c7ccccc7-8)cc6)cc5)cc4)ccc32)=CC1. The molecular formula is C59H50N2. The summed E-state index contributed by atoms with van der Waals surface area (Å²) in [4.78, 5) is 2.45. The molecule has 2 atom stereocenters. The zero-order valence-electron chi connectivity index (χ0n) is 35.4. The van der Waals surface area contributed by atoms with Crippen LogP contribution in [0.3, 0.4) is 0 Å². The Hall–Kier alpha value is -6.90. The van der Waals surface area contributed by atoms with E-state index in [1.807, 2.05) is 0 Å². The molecule has 3 aliphatic rings. The molecule has 0 bridgehead atoms. The zero-order chi connectivity index (χ0) is 41.2. The minimum absolute atomic E-state index is 0.0216. The first-order chi connectivity index (χ1) is 29.8. The van der Waals surface area contributed by atoms with Crippen molar-refractivity contribution in [1.29, 1.82) is 0 Å². The fourth-order valence-corrected chi connectivity index (χ4v) is 10.1. The molecule has 1 heterocycles. The number of aromatic nitrogens is 1. The van der Waals surface area contributed by atoms with E-state index < -0.39 is 0 Å². The zero-order valence-corrected chi connectivity index (χ0v) is 35.4. The summed E-state index contributed by atoms with van der Waals surface area (Å²) in [5.74, 6) is 0.983. The van der Waals surface area contributed by atoms with Crippen molar-refractivity contribution in [2.75, 3.05) is 4.90 Å². The maximum atomic E-state index is 2.45. The van der Waals surface area contributed by atoms with Crippen LogP contribution in [-0.2, 0) is 5.41 Å². The predicted octanol–water partition coefficient (Wildman–Crippen LogP) is 16.2. The van der Waals surface area contributed by atoms with Gasteiger partial charge in [-0.3, -0.25) is 0 Å². The van der Waals surface area contributed by atoms with Crippen LogP contribution >= 0.6 is 0 Å². The van der Waals surface area contributed by atoms with Gasteiger partial charge in [-0.1, -0.05) is 161 Å². The lowest BCUT2D eigenvalue weighted by Crippen LogP contribution is -2.22. The van der Waals surface area contributed by atoms with E-state index in [1.165, 1.54) is 100 Å². The van der Waals surface area contributed by atoms with Crippen LogP contribution in [-0.4, -0.2) is 4.57 Å². The number of anilines is 2. The molecule has 11 rings (SSSR count). The summed E-state index contributed by atoms with van der Waals surface area (Å²) in [6.45, 7) is 9.32. The smallest absolute Gasteiger partial charge is 0.0541 e. The molecule has 7 aromatic carbocycles. The Morgan fingerprint density at radius 1 is 0.541 bits per heavy atom. The Balaban J connectivity index is 0.875. The van der Waals surface area contributed by atoms with E-state index in [0.29, 0.717) is 11.8 Å². The number of rotatable bonds is 7. The third-order valence-corrected chi connectivity index (χ3v) is 13.6. The van der Waals surface area contributed by atoms with Gasteiger partial charge in [-0.15, -0.1) is 0 Å². The van der Waals surface area contributed by atoms with Crippen LogP contribution in [0.25, 0.3) is 72.0 Å². The average molecular weight is 787 g/mol. The highest BCUT2D eigenvalue weighted by molar-refractivity contribution is 6.11. The summed E-state index contributed by atoms with van der Waals surface area (Å²) in [7, 11) is 0. The van der Waals surface area contributed by atoms with Gasteiger partial charge in [-0.2, -0.15) is 0 Å². The third kappa shape index (κ3) is 6.32. The predicted molar refractivity (Wildman–Crippen MR) is 260 cm³/mol. The Morgan fingerprint density at radius 3 is 1.80 bits per heavy atom. The summed E-state index contributed by atoms with van der Waals surface area (Å²) in [6, 6.07) is 59.0. The van der Waals surface area contributed by atoms with E-state index in [4.69, 9.17) is 0 Å². The first kappa shape index (κ1) is 37.1. The molecule has 0 fully saturated rings. The summed E-state index contributed by atoms with van der Waals surface area (Å²) in [5, 5.41) is 2.58. The summed E-state index contributed by atoms with van der Waals surface area (Å²) in [6.07, 6.45) is 15.9. The van der Waals surface area contributed by atoms with Crippen molar-refractivity contribution in [2.24, 2.45) is 11.8 Å². The highest BCUT2D eigenvalue weighted by Gasteiger charge is 2.35. The van der Waals surface area contributed by atoms with Crippen molar-refractivity contribution in [3.05, 3.63) is 211 Å². The fraction of sp³-hybridized carbons (Fsp3) is 0.153. The number of benzene rings is 7. The highest BCUT2D eigenvalue weighted by Crippen LogP contribution is 2.50. The van der Waals surface area contributed by atoms with Crippen LogP contribution in [0.1, 0.15) is 51.7 Å². The molecule has 296 valence electrons. The Labute approximate surface area is 360 Å². The van der Waals surface area contributed by atoms with Gasteiger partial charge in [0.2, 0.25) is 0 Å². The lowest BCUT2D eigenvalue weighted by molar-refractivity contribution is 0.660. The Kier molecular flexibility index (Phi) is 8.93. The lowest BCUT2D eigenvalue weighted by atomic mass is 9.81. The molecule has 0 spiro atoms. The normalized spacial score (nSPS) is 17.6. The van der Waals surface area contributed by atoms with Crippen molar-refractivity contribution < 1.29 is 0 Å². The molecular weight excluding hydrogens is 737 g/mol. The molecule has 2 heteroatoms. The molecule has 0 radical (unpaired) electrons. The van der Waals surface area contributed by atoms with Crippen LogP contribution in [0.15, 0.2) is 200 Å². The molecule has 0 aliphatic heterocycles. The third-order valence-electron chi connectivity index (χ3n) is 13.6. The Morgan fingerprint density at radius 2 is 1.11 bits per heavy atom. The molecule has 0 saturated heterocycles. The molecule has 2 nitrogen and oxygen atoms in total. The van der Waals surface area contributed by atoms with Crippen molar-refractivity contribution in [1.82, 2.24) is 4.57 Å². The van der Waals surface area contributed by atoms with E-state index in [-0.39, 0.29) is 5.41 Å². The Bertz CT molecular complexity index is 3110. The maximum absolute atomic E-state index is 2.45. The molecule has 61 heavy (non-hydrogen) atoms. The number of para-hydroxylation sites is 1. The second kappa shape index (κ2) is 14.7. The number of hydrogen-bond donors (Lipinski definition) is 0. The molecule has 3 aliphatic carbocycles. The van der Waals surface area contributed by atoms with Gasteiger partial charge in [0, 0.05) is 44.9 Å². The van der Waals surface area contributed by atoms with Crippen LogP contribution in [0.4, 0.5) is 11.4 Å². The van der Waals surface area contributed by atoms with Crippen LogP contribution in [0, 0.1) is 11.8 Å². The van der Waals surface area contributed by atoms with E-state index in [1.54, 1.807) is 0 Å². The van der Waals surface area contributed by atoms with Gasteiger partial charge in [0.05, 0.1) is 11.0 Å². The lowest BCUT2D eigenvalue weighted by Gasteiger charge is -2.32. The van der Waals surface area contributed by atoms with Crippen molar-refractivity contribution in [3.63, 3.8) is 0 Å². The number of hydrogen-bond acceptors (Lipinski definition) is 1. The average Bonchev–Trinajstić information content (AvgIpc) is 3.75. The summed E-state index contributed by atoms with van der Waals surface area (Å²) < 4.78 is 2.43. The molecule has 1 aromatic heterocycles. The summed E-state index contributed by atoms with van der Waals surface area (Å²) in [5.41, 5.74) is 20.3. The van der Waals surface area contributed by atoms with Crippen molar-refractivity contribution >= 4 is 38.9 Å². The highest BCUT2D eigenvalue weighted by atomic mass is 15.2. The minimum Gasteiger partial charge on any atom is -0.314 e. The number of nitrogens with zero attached hydrogens (tertiary/aromatic N) is 2. The quantitative estimate of drug-likeness (QED) is 0.156. The topological polar surface area (TPSA) is 8.17 Å². The van der Waals surface area contributed by atoms with E-state index in [2.05, 4.69) is 231 Å². The van der Waals surface area contributed by atoms with Gasteiger partial charge in [0.1, 0.15) is 0 Å². The van der Waals surface area contributed by atoms with Crippen LogP contribution < -0.4 is 4.90 Å². The monoisotopic (exact) mass is 786 g/mol. The number of allylic oxidation sites excluding steroid dienone is 8. The number of fused-ring (bicyclic) bond motifs is 6. The van der Waals surface area contributed by atoms with E-state index in [9.17, 15) is 0 Å². The second-order valence-corrected chi connectivity index (χ2v) is 17.9. The standard InChI is InChI=1S/C59H50N2/c1-39-17-29-49(30-18-39)61-57-16-10-7-13-52(57)53-37-45(28-36-58(53)61)43-21-19-41(20-22-43)42-23-31-47(32-24-42)60(56-15-9-5-11-40(56)2)48-33-25-44(26-34-48)46-27-35-51-50-12-6-8-14-54(50)59(3,4)55(51)38-46/h5-10,12-17,19-40H,11,18H2,1-4H3. The second-order valence-electron chi connectivity index (χ2n) is 17.9. The molecule has 0 saturated carbocycles. The fourth-order valence-electron chi connectivity index (χ4n) is 10.1. The minimum atomic E-state index is -0.0216. The van der Waals surface area contributed by atoms with Gasteiger partial charge in [-0.25, -0.2) is 0 Å². The molecule has 2 unspecified atom stereocenters. The molecule has 0 N–H and O–H groups in total. The molecule has 8 aromatic rings. The van der Waals surface area contributed by atoms with Crippen LogP contribution in [0.2, 0.25) is 0 Å². The summed E-state index contributed by atoms with van der Waals surface area (Å²) >= 11 is 0. The molecule has 0 amide bonds.